The van der Waals surface area contributed by atoms with Gasteiger partial charge < -0.3 is 4.74 Å². The first-order chi connectivity index (χ1) is 9.10. The normalized spacial score (nSPS) is 10.3. The fourth-order valence-electron chi connectivity index (χ4n) is 1.77. The van der Waals surface area contributed by atoms with Crippen LogP contribution in [0.25, 0.3) is 0 Å². The van der Waals surface area contributed by atoms with Crippen molar-refractivity contribution in [3.63, 3.8) is 0 Å². The third kappa shape index (κ3) is 3.16. The number of ketones is 1. The number of carbonyl (C=O) groups is 1. The molecule has 0 saturated heterocycles. The Morgan fingerprint density at radius 1 is 1.11 bits per heavy atom. The molecule has 0 N–H and O–H groups in total. The first-order valence-corrected chi connectivity index (χ1v) is 6.07. The number of methoxy groups -OCH3 is 1. The van der Waals surface area contributed by atoms with Gasteiger partial charge in [-0.15, -0.1) is 10.2 Å². The van der Waals surface area contributed by atoms with Crippen LogP contribution in [0, 0.1) is 13.8 Å². The summed E-state index contributed by atoms with van der Waals surface area (Å²) in [5, 5.41) is 7.66. The van der Waals surface area contributed by atoms with Crippen molar-refractivity contribution < 1.29 is 9.53 Å². The molecule has 0 aliphatic carbocycles. The summed E-state index contributed by atoms with van der Waals surface area (Å²) in [6.07, 6.45) is 0.335. The number of Topliss-reactive ketones (excluding diaryl/α,β-unsaturated/α-hetero) is 1. The van der Waals surface area contributed by atoms with Crippen molar-refractivity contribution in [3.8, 4) is 5.88 Å². The van der Waals surface area contributed by atoms with E-state index in [2.05, 4.69) is 17.1 Å². The van der Waals surface area contributed by atoms with Gasteiger partial charge in [-0.1, -0.05) is 18.2 Å². The van der Waals surface area contributed by atoms with E-state index in [4.69, 9.17) is 4.74 Å². The number of benzene rings is 1. The van der Waals surface area contributed by atoms with Crippen LogP contribution in [0.1, 0.15) is 27.2 Å². The van der Waals surface area contributed by atoms with Crippen molar-refractivity contribution in [2.45, 2.75) is 20.3 Å². The maximum absolute atomic E-state index is 12.1. The van der Waals surface area contributed by atoms with Crippen LogP contribution >= 0.6 is 0 Å². The fraction of sp³-hybridized carbons (Fsp3) is 0.267. The van der Waals surface area contributed by atoms with Crippen LogP contribution in [-0.2, 0) is 6.42 Å². The topological polar surface area (TPSA) is 52.1 Å². The predicted octanol–water partition coefficient (Wildman–Crippen LogP) is 2.53. The first kappa shape index (κ1) is 13.2. The van der Waals surface area contributed by atoms with E-state index in [1.807, 2.05) is 25.1 Å². The van der Waals surface area contributed by atoms with Crippen LogP contribution in [0.15, 0.2) is 30.3 Å². The Kier molecular flexibility index (Phi) is 3.90. The molecule has 0 unspecified atom stereocenters. The summed E-state index contributed by atoms with van der Waals surface area (Å²) < 4.78 is 4.91. The number of hydrogen-bond acceptors (Lipinski definition) is 4. The summed E-state index contributed by atoms with van der Waals surface area (Å²) in [4.78, 5) is 12.1. The Labute approximate surface area is 112 Å². The summed E-state index contributed by atoms with van der Waals surface area (Å²) in [6.45, 7) is 4.09. The van der Waals surface area contributed by atoms with E-state index >= 15 is 0 Å². The number of ether oxygens (including phenoxy) is 1. The zero-order valence-electron chi connectivity index (χ0n) is 11.3. The van der Waals surface area contributed by atoms with Gasteiger partial charge in [0.15, 0.2) is 5.78 Å². The second kappa shape index (κ2) is 5.61. The number of aromatic nitrogens is 2. The van der Waals surface area contributed by atoms with E-state index in [1.165, 1.54) is 18.2 Å². The van der Waals surface area contributed by atoms with Gasteiger partial charge >= 0.3 is 0 Å². The van der Waals surface area contributed by atoms with Crippen molar-refractivity contribution in [2.24, 2.45) is 0 Å². The molecular formula is C15H16N2O2. The molecule has 0 amide bonds. The molecule has 2 aromatic rings. The molecule has 2 rings (SSSR count). The predicted molar refractivity (Wildman–Crippen MR) is 72.5 cm³/mol. The highest BCUT2D eigenvalue weighted by molar-refractivity contribution is 5.95. The van der Waals surface area contributed by atoms with Crippen LogP contribution in [0.5, 0.6) is 5.88 Å². The molecule has 0 saturated carbocycles. The zero-order valence-corrected chi connectivity index (χ0v) is 11.3. The quantitative estimate of drug-likeness (QED) is 0.789. The van der Waals surface area contributed by atoms with Gasteiger partial charge in [0.25, 0.3) is 0 Å². The van der Waals surface area contributed by atoms with Gasteiger partial charge in [0.05, 0.1) is 7.11 Å². The third-order valence-corrected chi connectivity index (χ3v) is 3.07. The van der Waals surface area contributed by atoms with Crippen molar-refractivity contribution >= 4 is 5.78 Å². The third-order valence-electron chi connectivity index (χ3n) is 3.07. The average Bonchev–Trinajstić information content (AvgIpc) is 2.43. The van der Waals surface area contributed by atoms with Gasteiger partial charge in [0.2, 0.25) is 5.88 Å². The Morgan fingerprint density at radius 3 is 2.47 bits per heavy atom. The summed E-state index contributed by atoms with van der Waals surface area (Å²) in [6, 6.07) is 9.30. The molecule has 0 radical (unpaired) electrons. The molecule has 0 aliphatic heterocycles. The highest BCUT2D eigenvalue weighted by Gasteiger charge is 2.10. The van der Waals surface area contributed by atoms with E-state index in [9.17, 15) is 4.79 Å². The fourth-order valence-corrected chi connectivity index (χ4v) is 1.77. The molecule has 0 atom stereocenters. The molecule has 1 aromatic heterocycles. The van der Waals surface area contributed by atoms with Gasteiger partial charge in [0, 0.05) is 12.5 Å². The monoisotopic (exact) mass is 256 g/mol. The van der Waals surface area contributed by atoms with E-state index in [0.29, 0.717) is 18.0 Å². The SMILES string of the molecule is COc1ccc(C(=O)Cc2ccc(C)c(C)c2)nn1. The lowest BCUT2D eigenvalue weighted by atomic mass is 10.0. The van der Waals surface area contributed by atoms with Gasteiger partial charge in [-0.25, -0.2) is 0 Å². The number of aryl methyl sites for hydroxylation is 2. The minimum Gasteiger partial charge on any atom is -0.480 e. The lowest BCUT2D eigenvalue weighted by molar-refractivity contribution is 0.0987. The molecule has 1 heterocycles. The zero-order chi connectivity index (χ0) is 13.8. The molecule has 4 nitrogen and oxygen atoms in total. The minimum absolute atomic E-state index is 0.0431. The van der Waals surface area contributed by atoms with E-state index < -0.39 is 0 Å². The highest BCUT2D eigenvalue weighted by atomic mass is 16.5. The molecule has 0 fully saturated rings. The van der Waals surface area contributed by atoms with Gasteiger partial charge in [0.1, 0.15) is 5.69 Å². The van der Waals surface area contributed by atoms with Crippen LogP contribution in [0.2, 0.25) is 0 Å². The summed E-state index contributed by atoms with van der Waals surface area (Å²) in [7, 11) is 1.51. The number of rotatable bonds is 4. The van der Waals surface area contributed by atoms with E-state index in [0.717, 1.165) is 5.56 Å². The molecule has 0 aliphatic rings. The Bertz CT molecular complexity index is 592. The summed E-state index contributed by atoms with van der Waals surface area (Å²) in [5.41, 5.74) is 3.76. The largest absolute Gasteiger partial charge is 0.480 e. The van der Waals surface area contributed by atoms with Crippen molar-refractivity contribution in [1.82, 2.24) is 10.2 Å². The first-order valence-electron chi connectivity index (χ1n) is 6.07. The Balaban J connectivity index is 2.13. The van der Waals surface area contributed by atoms with Gasteiger partial charge in [-0.2, -0.15) is 0 Å². The van der Waals surface area contributed by atoms with Crippen molar-refractivity contribution in [2.75, 3.05) is 7.11 Å². The average molecular weight is 256 g/mol. The molecule has 0 bridgehead atoms. The van der Waals surface area contributed by atoms with Crippen molar-refractivity contribution in [1.29, 1.82) is 0 Å². The highest BCUT2D eigenvalue weighted by Crippen LogP contribution is 2.12. The van der Waals surface area contributed by atoms with Crippen LogP contribution in [-0.4, -0.2) is 23.1 Å². The Hall–Kier alpha value is -2.23. The second-order valence-electron chi connectivity index (χ2n) is 4.48. The van der Waals surface area contributed by atoms with Crippen LogP contribution in [0.3, 0.4) is 0 Å². The Morgan fingerprint density at radius 2 is 1.89 bits per heavy atom. The number of carbonyl (C=O) groups excluding carboxylic acids is 1. The lowest BCUT2D eigenvalue weighted by Gasteiger charge is -2.04. The minimum atomic E-state index is -0.0431. The lowest BCUT2D eigenvalue weighted by Crippen LogP contribution is -2.07. The maximum Gasteiger partial charge on any atom is 0.233 e. The van der Waals surface area contributed by atoms with Crippen LogP contribution < -0.4 is 4.74 Å². The molecule has 0 spiro atoms. The number of hydrogen-bond donors (Lipinski definition) is 0. The van der Waals surface area contributed by atoms with Gasteiger partial charge in [-0.05, 0) is 36.6 Å². The maximum atomic E-state index is 12.1. The van der Waals surface area contributed by atoms with Crippen LogP contribution in [0.4, 0.5) is 0 Å². The second-order valence-corrected chi connectivity index (χ2v) is 4.48. The summed E-state index contributed by atoms with van der Waals surface area (Å²) >= 11 is 0. The molecule has 1 aromatic carbocycles. The standard InChI is InChI=1S/C15H16N2O2/c1-10-4-5-12(8-11(10)2)9-14(18)13-6-7-15(19-3)17-16-13/h4-8H,9H2,1-3H3. The molecule has 19 heavy (non-hydrogen) atoms. The summed E-state index contributed by atoms with van der Waals surface area (Å²) in [5.74, 6) is 0.362. The smallest absolute Gasteiger partial charge is 0.233 e. The van der Waals surface area contributed by atoms with E-state index in [1.54, 1.807) is 12.1 Å². The van der Waals surface area contributed by atoms with Crippen molar-refractivity contribution in [3.05, 3.63) is 52.7 Å². The molecular weight excluding hydrogens is 240 g/mol. The molecule has 4 heteroatoms. The van der Waals surface area contributed by atoms with Gasteiger partial charge in [-0.3, -0.25) is 4.79 Å². The molecule has 98 valence electrons. The van der Waals surface area contributed by atoms with E-state index in [-0.39, 0.29) is 5.78 Å². The number of nitrogens with zero attached hydrogens (tertiary/aromatic N) is 2.